The number of anilines is 2. The third kappa shape index (κ3) is 4.25. The molecule has 7 heteroatoms. The first kappa shape index (κ1) is 18.0. The summed E-state index contributed by atoms with van der Waals surface area (Å²) >= 11 is 7.63. The lowest BCUT2D eigenvalue weighted by molar-refractivity contribution is 0.0790. The first-order valence-corrected chi connectivity index (χ1v) is 9.80. The van der Waals surface area contributed by atoms with E-state index in [0.717, 1.165) is 55.0 Å². The zero-order chi connectivity index (χ0) is 17.8. The zero-order valence-corrected chi connectivity index (χ0v) is 16.2. The molecule has 3 rings (SSSR count). The number of thiazole rings is 1. The van der Waals surface area contributed by atoms with E-state index in [-0.39, 0.29) is 5.91 Å². The number of amides is 1. The molecule has 1 aromatic carbocycles. The number of carbonyl (C=O) groups is 1. The molecule has 2 aromatic rings. The summed E-state index contributed by atoms with van der Waals surface area (Å²) in [4.78, 5) is 23.2. The average Bonchev–Trinajstić information content (AvgIpc) is 3.11. The molecule has 1 aromatic heterocycles. The van der Waals surface area contributed by atoms with Gasteiger partial charge in [0.1, 0.15) is 5.69 Å². The molecule has 2 heterocycles. The molecule has 0 spiro atoms. The smallest absolute Gasteiger partial charge is 0.273 e. The minimum absolute atomic E-state index is 0.00177. The Morgan fingerprint density at radius 1 is 1.28 bits per heavy atom. The van der Waals surface area contributed by atoms with Crippen LogP contribution in [0.1, 0.15) is 23.8 Å². The molecule has 1 saturated heterocycles. The maximum atomic E-state index is 12.3. The molecule has 5 nitrogen and oxygen atoms in total. The number of halogens is 1. The highest BCUT2D eigenvalue weighted by molar-refractivity contribution is 7.13. The summed E-state index contributed by atoms with van der Waals surface area (Å²) < 4.78 is 0. The van der Waals surface area contributed by atoms with Crippen LogP contribution in [-0.2, 0) is 0 Å². The van der Waals surface area contributed by atoms with Gasteiger partial charge in [0, 0.05) is 55.9 Å². The van der Waals surface area contributed by atoms with E-state index in [9.17, 15) is 4.79 Å². The van der Waals surface area contributed by atoms with Crippen LogP contribution in [0.3, 0.4) is 0 Å². The van der Waals surface area contributed by atoms with E-state index in [2.05, 4.69) is 27.8 Å². The molecule has 0 N–H and O–H groups in total. The standard InChI is InChI=1S/C18H23ClN4OS/c1-3-7-21(2)17(24)16-13-25-18(20-16)23-10-8-22(9-11-23)15-6-4-5-14(19)12-15/h4-6,12-13H,3,7-11H2,1-2H3. The highest BCUT2D eigenvalue weighted by Crippen LogP contribution is 2.25. The summed E-state index contributed by atoms with van der Waals surface area (Å²) in [5.74, 6) is 0.00177. The lowest BCUT2D eigenvalue weighted by Crippen LogP contribution is -2.46. The normalized spacial score (nSPS) is 14.7. The second-order valence-corrected chi connectivity index (χ2v) is 7.47. The monoisotopic (exact) mass is 378 g/mol. The average molecular weight is 379 g/mol. The molecule has 0 aliphatic carbocycles. The van der Waals surface area contributed by atoms with E-state index < -0.39 is 0 Å². The lowest BCUT2D eigenvalue weighted by atomic mass is 10.2. The quantitative estimate of drug-likeness (QED) is 0.796. The van der Waals surface area contributed by atoms with Crippen LogP contribution in [0.25, 0.3) is 0 Å². The predicted molar refractivity (Wildman–Crippen MR) is 105 cm³/mol. The second-order valence-electron chi connectivity index (χ2n) is 6.20. The Hall–Kier alpha value is -1.79. The van der Waals surface area contributed by atoms with Gasteiger partial charge in [-0.05, 0) is 24.6 Å². The van der Waals surface area contributed by atoms with Crippen LogP contribution < -0.4 is 9.80 Å². The highest BCUT2D eigenvalue weighted by Gasteiger charge is 2.22. The minimum Gasteiger partial charge on any atom is -0.368 e. The molecule has 134 valence electrons. The van der Waals surface area contributed by atoms with Crippen molar-refractivity contribution in [2.75, 3.05) is 49.6 Å². The number of rotatable bonds is 5. The number of nitrogens with zero attached hydrogens (tertiary/aromatic N) is 4. The Labute approximate surface area is 157 Å². The van der Waals surface area contributed by atoms with Crippen LogP contribution in [0.15, 0.2) is 29.6 Å². The van der Waals surface area contributed by atoms with E-state index in [0.29, 0.717) is 5.69 Å². The van der Waals surface area contributed by atoms with Crippen LogP contribution in [0.2, 0.25) is 5.02 Å². The van der Waals surface area contributed by atoms with Crippen LogP contribution in [-0.4, -0.2) is 55.6 Å². The molecular formula is C18H23ClN4OS. The molecule has 0 unspecified atom stereocenters. The van der Waals surface area contributed by atoms with Crippen LogP contribution in [0.5, 0.6) is 0 Å². The molecular weight excluding hydrogens is 356 g/mol. The van der Waals surface area contributed by atoms with Crippen molar-refractivity contribution in [3.8, 4) is 0 Å². The van der Waals surface area contributed by atoms with Crippen molar-refractivity contribution in [3.05, 3.63) is 40.4 Å². The van der Waals surface area contributed by atoms with Gasteiger partial charge in [-0.15, -0.1) is 11.3 Å². The predicted octanol–water partition coefficient (Wildman–Crippen LogP) is 3.61. The number of piperazine rings is 1. The molecule has 1 amide bonds. The van der Waals surface area contributed by atoms with Gasteiger partial charge in [0.15, 0.2) is 5.13 Å². The number of hydrogen-bond acceptors (Lipinski definition) is 5. The fraction of sp³-hybridized carbons (Fsp3) is 0.444. The summed E-state index contributed by atoms with van der Waals surface area (Å²) in [6.07, 6.45) is 0.949. The summed E-state index contributed by atoms with van der Waals surface area (Å²) in [6.45, 7) is 6.43. The van der Waals surface area contributed by atoms with Gasteiger partial charge in [-0.2, -0.15) is 0 Å². The fourth-order valence-corrected chi connectivity index (χ4v) is 4.01. The van der Waals surface area contributed by atoms with Gasteiger partial charge in [-0.3, -0.25) is 4.79 Å². The SMILES string of the molecule is CCCN(C)C(=O)c1csc(N2CCN(c3cccc(Cl)c3)CC2)n1. The maximum absolute atomic E-state index is 12.3. The van der Waals surface area contributed by atoms with Gasteiger partial charge in [0.05, 0.1) is 0 Å². The van der Waals surface area contributed by atoms with Gasteiger partial charge >= 0.3 is 0 Å². The molecule has 1 aliphatic heterocycles. The van der Waals surface area contributed by atoms with Gasteiger partial charge in [-0.25, -0.2) is 4.98 Å². The Kier molecular flexibility index (Phi) is 5.81. The lowest BCUT2D eigenvalue weighted by Gasteiger charge is -2.36. The van der Waals surface area contributed by atoms with E-state index in [1.165, 1.54) is 0 Å². The zero-order valence-electron chi connectivity index (χ0n) is 14.6. The van der Waals surface area contributed by atoms with Crippen molar-refractivity contribution < 1.29 is 4.79 Å². The number of hydrogen-bond donors (Lipinski definition) is 0. The fourth-order valence-electron chi connectivity index (χ4n) is 2.97. The van der Waals surface area contributed by atoms with E-state index >= 15 is 0 Å². The second kappa shape index (κ2) is 8.06. The van der Waals surface area contributed by atoms with Crippen molar-refractivity contribution in [1.29, 1.82) is 0 Å². The number of carbonyl (C=O) groups excluding carboxylic acids is 1. The maximum Gasteiger partial charge on any atom is 0.273 e. The molecule has 1 fully saturated rings. The first-order valence-electron chi connectivity index (χ1n) is 8.55. The topological polar surface area (TPSA) is 39.7 Å². The van der Waals surface area contributed by atoms with Crippen molar-refractivity contribution in [2.24, 2.45) is 0 Å². The molecule has 0 saturated carbocycles. The molecule has 1 aliphatic rings. The summed E-state index contributed by atoms with van der Waals surface area (Å²) in [6, 6.07) is 7.97. The molecule has 25 heavy (non-hydrogen) atoms. The van der Waals surface area contributed by atoms with Gasteiger partial charge in [-0.1, -0.05) is 24.6 Å². The van der Waals surface area contributed by atoms with Gasteiger partial charge in [0.2, 0.25) is 0 Å². The number of benzene rings is 1. The largest absolute Gasteiger partial charge is 0.368 e. The van der Waals surface area contributed by atoms with Crippen LogP contribution in [0, 0.1) is 0 Å². The van der Waals surface area contributed by atoms with Crippen LogP contribution in [0.4, 0.5) is 10.8 Å². The number of aromatic nitrogens is 1. The Morgan fingerprint density at radius 3 is 2.68 bits per heavy atom. The molecule has 0 radical (unpaired) electrons. The minimum atomic E-state index is 0.00177. The highest BCUT2D eigenvalue weighted by atomic mass is 35.5. The Bertz CT molecular complexity index is 727. The Morgan fingerprint density at radius 2 is 2.00 bits per heavy atom. The van der Waals surface area contributed by atoms with E-state index in [1.807, 2.05) is 30.6 Å². The van der Waals surface area contributed by atoms with Crippen molar-refractivity contribution >= 4 is 39.7 Å². The summed E-state index contributed by atoms with van der Waals surface area (Å²) in [7, 11) is 1.83. The summed E-state index contributed by atoms with van der Waals surface area (Å²) in [5, 5.41) is 3.56. The Balaban J connectivity index is 1.61. The first-order chi connectivity index (χ1) is 12.1. The third-order valence-corrected chi connectivity index (χ3v) is 5.48. The van der Waals surface area contributed by atoms with Gasteiger partial charge in [0.25, 0.3) is 5.91 Å². The summed E-state index contributed by atoms with van der Waals surface area (Å²) in [5.41, 5.74) is 1.71. The van der Waals surface area contributed by atoms with Crippen molar-refractivity contribution in [3.63, 3.8) is 0 Å². The van der Waals surface area contributed by atoms with E-state index in [1.54, 1.807) is 16.2 Å². The van der Waals surface area contributed by atoms with Gasteiger partial charge < -0.3 is 14.7 Å². The molecule has 0 atom stereocenters. The third-order valence-electron chi connectivity index (χ3n) is 4.34. The van der Waals surface area contributed by atoms with Crippen LogP contribution >= 0.6 is 22.9 Å². The molecule has 0 bridgehead atoms. The van der Waals surface area contributed by atoms with E-state index in [4.69, 9.17) is 11.6 Å². The van der Waals surface area contributed by atoms with Crippen molar-refractivity contribution in [1.82, 2.24) is 9.88 Å². The van der Waals surface area contributed by atoms with Crippen molar-refractivity contribution in [2.45, 2.75) is 13.3 Å².